The fourth-order valence-electron chi connectivity index (χ4n) is 3.22. The maximum Gasteiger partial charge on any atom is 0.155 e. The smallest absolute Gasteiger partial charge is 0.155 e. The highest BCUT2D eigenvalue weighted by atomic mass is 16.3. The molecule has 0 saturated heterocycles. The molecule has 3 aromatic heterocycles. The van der Waals surface area contributed by atoms with E-state index >= 15 is 0 Å². The Morgan fingerprint density at radius 3 is 2.58 bits per heavy atom. The summed E-state index contributed by atoms with van der Waals surface area (Å²) in [5.41, 5.74) is 6.23. The van der Waals surface area contributed by atoms with Crippen molar-refractivity contribution in [2.75, 3.05) is 0 Å². The zero-order chi connectivity index (χ0) is 16.9. The number of nitrogens with zero attached hydrogens (tertiary/aromatic N) is 3. The normalized spacial score (nSPS) is 12.3. The summed E-state index contributed by atoms with van der Waals surface area (Å²) in [7, 11) is 0. The van der Waals surface area contributed by atoms with Gasteiger partial charge in [0.05, 0.1) is 23.0 Å². The maximum atomic E-state index is 10.1. The Kier molecular flexibility index (Phi) is 3.21. The first-order valence-electron chi connectivity index (χ1n) is 8.15. The number of nitrogens with one attached hydrogen (secondary N) is 1. The summed E-state index contributed by atoms with van der Waals surface area (Å²) >= 11 is 0. The Hall–Kier alpha value is -2.66. The molecule has 4 aromatic rings. The van der Waals surface area contributed by atoms with Crippen LogP contribution >= 0.6 is 0 Å². The first kappa shape index (κ1) is 14.9. The molecule has 0 atom stereocenters. The molecule has 0 aliphatic carbocycles. The van der Waals surface area contributed by atoms with Crippen molar-refractivity contribution >= 4 is 16.8 Å². The zero-order valence-electron chi connectivity index (χ0n) is 14.0. The van der Waals surface area contributed by atoms with Crippen molar-refractivity contribution < 1.29 is 5.11 Å². The molecule has 0 aliphatic heterocycles. The number of aryl methyl sites for hydroxylation is 1. The lowest BCUT2D eigenvalue weighted by Crippen LogP contribution is -2.14. The summed E-state index contributed by atoms with van der Waals surface area (Å²) in [4.78, 5) is 12.3. The molecule has 0 saturated carbocycles. The minimum Gasteiger partial charge on any atom is -0.386 e. The lowest BCUT2D eigenvalue weighted by Gasteiger charge is -2.17. The average molecular weight is 320 g/mol. The Labute approximate surface area is 140 Å². The summed E-state index contributed by atoms with van der Waals surface area (Å²) in [5.74, 6) is 0. The third kappa shape index (κ3) is 2.20. The second-order valence-corrected chi connectivity index (χ2v) is 6.58. The van der Waals surface area contributed by atoms with Gasteiger partial charge < -0.3 is 10.1 Å². The SMILES string of the molecule is CCc1c(-c2ccc(C(C)(C)O)cc2)[nH]c2ncc3nccn3c12. The van der Waals surface area contributed by atoms with E-state index in [1.807, 2.05) is 30.5 Å². The molecule has 5 nitrogen and oxygen atoms in total. The van der Waals surface area contributed by atoms with E-state index in [1.54, 1.807) is 26.2 Å². The molecular weight excluding hydrogens is 300 g/mol. The molecule has 0 bridgehead atoms. The number of hydrogen-bond acceptors (Lipinski definition) is 3. The molecule has 2 N–H and O–H groups in total. The molecule has 0 amide bonds. The largest absolute Gasteiger partial charge is 0.386 e. The van der Waals surface area contributed by atoms with Gasteiger partial charge in [-0.25, -0.2) is 9.97 Å². The van der Waals surface area contributed by atoms with Crippen LogP contribution in [0, 0.1) is 0 Å². The molecule has 5 heteroatoms. The van der Waals surface area contributed by atoms with E-state index in [2.05, 4.69) is 26.3 Å². The molecule has 0 spiro atoms. The summed E-state index contributed by atoms with van der Waals surface area (Å²) in [6, 6.07) is 8.03. The first-order valence-corrected chi connectivity index (χ1v) is 8.15. The number of aromatic amines is 1. The molecule has 0 unspecified atom stereocenters. The zero-order valence-corrected chi connectivity index (χ0v) is 14.0. The lowest BCUT2D eigenvalue weighted by molar-refractivity contribution is 0.0786. The van der Waals surface area contributed by atoms with Gasteiger partial charge in [0.15, 0.2) is 11.3 Å². The Balaban J connectivity index is 1.93. The van der Waals surface area contributed by atoms with Gasteiger partial charge in [0.2, 0.25) is 0 Å². The topological polar surface area (TPSA) is 66.2 Å². The van der Waals surface area contributed by atoms with Crippen molar-refractivity contribution in [3.05, 3.63) is 54.0 Å². The van der Waals surface area contributed by atoms with Crippen LogP contribution in [0.3, 0.4) is 0 Å². The van der Waals surface area contributed by atoms with Crippen molar-refractivity contribution in [3.63, 3.8) is 0 Å². The Morgan fingerprint density at radius 1 is 1.17 bits per heavy atom. The second kappa shape index (κ2) is 5.18. The second-order valence-electron chi connectivity index (χ2n) is 6.58. The third-order valence-electron chi connectivity index (χ3n) is 4.51. The number of benzene rings is 1. The number of rotatable bonds is 3. The minimum atomic E-state index is -0.836. The van der Waals surface area contributed by atoms with Crippen LogP contribution < -0.4 is 0 Å². The fourth-order valence-corrected chi connectivity index (χ4v) is 3.22. The van der Waals surface area contributed by atoms with Crippen LogP contribution in [0.1, 0.15) is 31.9 Å². The molecule has 0 fully saturated rings. The van der Waals surface area contributed by atoms with Gasteiger partial charge >= 0.3 is 0 Å². The van der Waals surface area contributed by atoms with Crippen LogP contribution in [0.15, 0.2) is 42.9 Å². The predicted molar refractivity (Wildman–Crippen MR) is 94.9 cm³/mol. The number of hydrogen-bond donors (Lipinski definition) is 2. The summed E-state index contributed by atoms with van der Waals surface area (Å²) in [5, 5.41) is 10.1. The molecule has 4 rings (SSSR count). The van der Waals surface area contributed by atoms with Gasteiger partial charge in [0.25, 0.3) is 0 Å². The Bertz CT molecular complexity index is 1020. The highest BCUT2D eigenvalue weighted by molar-refractivity contribution is 5.87. The van der Waals surface area contributed by atoms with E-state index < -0.39 is 5.60 Å². The number of aromatic nitrogens is 4. The first-order chi connectivity index (χ1) is 11.5. The maximum absolute atomic E-state index is 10.1. The van der Waals surface area contributed by atoms with E-state index in [0.29, 0.717) is 0 Å². The van der Waals surface area contributed by atoms with Crippen molar-refractivity contribution in [3.8, 4) is 11.3 Å². The average Bonchev–Trinajstić information content (AvgIpc) is 3.17. The van der Waals surface area contributed by atoms with E-state index in [4.69, 9.17) is 0 Å². The van der Waals surface area contributed by atoms with Crippen LogP contribution in [0.4, 0.5) is 0 Å². The molecular formula is C19H20N4O. The summed E-state index contributed by atoms with van der Waals surface area (Å²) in [6.45, 7) is 5.73. The van der Waals surface area contributed by atoms with E-state index in [1.165, 1.54) is 5.56 Å². The minimum absolute atomic E-state index is 0.836. The molecule has 24 heavy (non-hydrogen) atoms. The predicted octanol–water partition coefficient (Wildman–Crippen LogP) is 3.67. The molecule has 3 heterocycles. The van der Waals surface area contributed by atoms with Crippen molar-refractivity contribution in [1.29, 1.82) is 0 Å². The van der Waals surface area contributed by atoms with Crippen LogP contribution in [-0.2, 0) is 12.0 Å². The van der Waals surface area contributed by atoms with Crippen LogP contribution in [0.5, 0.6) is 0 Å². The number of imidazole rings is 1. The summed E-state index contributed by atoms with van der Waals surface area (Å²) < 4.78 is 2.08. The lowest BCUT2D eigenvalue weighted by atomic mass is 9.96. The third-order valence-corrected chi connectivity index (χ3v) is 4.51. The molecule has 1 aromatic carbocycles. The van der Waals surface area contributed by atoms with Crippen molar-refractivity contribution in [2.24, 2.45) is 0 Å². The van der Waals surface area contributed by atoms with Gasteiger partial charge in [0, 0.05) is 18.0 Å². The molecule has 0 radical (unpaired) electrons. The highest BCUT2D eigenvalue weighted by Crippen LogP contribution is 2.31. The fraction of sp³-hybridized carbons (Fsp3) is 0.263. The van der Waals surface area contributed by atoms with Gasteiger partial charge in [-0.2, -0.15) is 0 Å². The number of H-pyrrole nitrogens is 1. The van der Waals surface area contributed by atoms with Gasteiger partial charge in [0.1, 0.15) is 0 Å². The molecule has 122 valence electrons. The van der Waals surface area contributed by atoms with Crippen LogP contribution in [0.2, 0.25) is 0 Å². The van der Waals surface area contributed by atoms with E-state index in [9.17, 15) is 5.11 Å². The van der Waals surface area contributed by atoms with Gasteiger partial charge in [-0.15, -0.1) is 0 Å². The number of aliphatic hydroxyl groups is 1. The standard InChI is InChI=1S/C19H20N4O/c1-4-14-16(12-5-7-13(8-6-12)19(2,3)24)22-18-17(14)23-10-9-20-15(23)11-21-18/h5-11,22,24H,4H2,1-3H3. The van der Waals surface area contributed by atoms with Crippen LogP contribution in [-0.4, -0.2) is 24.5 Å². The Morgan fingerprint density at radius 2 is 1.92 bits per heavy atom. The van der Waals surface area contributed by atoms with Gasteiger partial charge in [-0.3, -0.25) is 4.40 Å². The quantitative estimate of drug-likeness (QED) is 0.605. The van der Waals surface area contributed by atoms with Crippen LogP contribution in [0.25, 0.3) is 28.1 Å². The van der Waals surface area contributed by atoms with Gasteiger partial charge in [-0.05, 0) is 31.4 Å². The van der Waals surface area contributed by atoms with Crippen molar-refractivity contribution in [2.45, 2.75) is 32.8 Å². The monoisotopic (exact) mass is 320 g/mol. The van der Waals surface area contributed by atoms with Gasteiger partial charge in [-0.1, -0.05) is 31.2 Å². The molecule has 0 aliphatic rings. The van der Waals surface area contributed by atoms with E-state index in [-0.39, 0.29) is 0 Å². The van der Waals surface area contributed by atoms with E-state index in [0.717, 1.165) is 40.1 Å². The van der Waals surface area contributed by atoms with Crippen molar-refractivity contribution in [1.82, 2.24) is 19.4 Å². The number of fused-ring (bicyclic) bond motifs is 3. The highest BCUT2D eigenvalue weighted by Gasteiger charge is 2.18. The summed E-state index contributed by atoms with van der Waals surface area (Å²) in [6.07, 6.45) is 6.43.